The van der Waals surface area contributed by atoms with Gasteiger partial charge in [0.2, 0.25) is 17.7 Å². The number of carbonyl (C=O) groups is 3. The Morgan fingerprint density at radius 3 is 2.60 bits per heavy atom. The fourth-order valence-corrected chi connectivity index (χ4v) is 2.12. The average Bonchev–Trinajstić information content (AvgIpc) is 3.03. The number of carbonyl (C=O) groups excluding carboxylic acids is 3. The van der Waals surface area contributed by atoms with Gasteiger partial charge in [-0.3, -0.25) is 14.4 Å². The molecule has 0 aliphatic carbocycles. The zero-order valence-corrected chi connectivity index (χ0v) is 14.6. The number of H-pyrrole nitrogens is 1. The van der Waals surface area contributed by atoms with Crippen molar-refractivity contribution in [2.24, 2.45) is 11.5 Å². The molecule has 10 nitrogen and oxygen atoms in total. The molecular weight excluding hydrogens is 348 g/mol. The van der Waals surface area contributed by atoms with E-state index in [1.807, 2.05) is 0 Å². The van der Waals surface area contributed by atoms with Gasteiger partial charge in [-0.1, -0.05) is 0 Å². The largest absolute Gasteiger partial charge is 0.482 e. The van der Waals surface area contributed by atoms with Crippen LogP contribution in [0, 0.1) is 0 Å². The summed E-state index contributed by atoms with van der Waals surface area (Å²) in [4.78, 5) is 41.0. The average molecular weight is 370 g/mol. The number of nitrogens with zero attached hydrogens (tertiary/aromatic N) is 1. The second-order valence-corrected chi connectivity index (χ2v) is 5.63. The van der Waals surface area contributed by atoms with Crippen LogP contribution in [0.1, 0.15) is 19.0 Å². The molecule has 2 atom stereocenters. The van der Waals surface area contributed by atoms with Crippen LogP contribution < -0.4 is 22.1 Å². The van der Waals surface area contributed by atoms with E-state index >= 15 is 0 Å². The molecule has 0 bridgehead atoms. The van der Waals surface area contributed by atoms with Crippen LogP contribution in [-0.2, 0) is 25.5 Å². The molecule has 1 heterocycles. The SMILES string of the molecule is CC(=O)N[C@H](COC(=S)C(Cc1cnc[nH]1)NC(=O)CCN)C(N)=O. The summed E-state index contributed by atoms with van der Waals surface area (Å²) in [6.45, 7) is 1.21. The molecule has 0 fully saturated rings. The van der Waals surface area contributed by atoms with E-state index in [-0.39, 0.29) is 30.5 Å². The Morgan fingerprint density at radius 1 is 1.36 bits per heavy atom. The summed E-state index contributed by atoms with van der Waals surface area (Å²) in [5.41, 5.74) is 11.3. The van der Waals surface area contributed by atoms with Crippen molar-refractivity contribution in [3.05, 3.63) is 18.2 Å². The minimum Gasteiger partial charge on any atom is -0.482 e. The third kappa shape index (κ3) is 7.72. The Bertz CT molecular complexity index is 606. The Labute approximate surface area is 150 Å². The predicted octanol–water partition coefficient (Wildman–Crippen LogP) is -1.88. The molecule has 0 aliphatic rings. The molecular formula is C14H22N6O4S. The molecule has 0 spiro atoms. The van der Waals surface area contributed by atoms with E-state index in [1.54, 1.807) is 6.20 Å². The zero-order chi connectivity index (χ0) is 18.8. The number of aromatic amines is 1. The Morgan fingerprint density at radius 2 is 2.08 bits per heavy atom. The summed E-state index contributed by atoms with van der Waals surface area (Å²) in [6.07, 6.45) is 3.54. The van der Waals surface area contributed by atoms with Crippen LogP contribution in [0.15, 0.2) is 12.5 Å². The molecule has 1 aromatic rings. The smallest absolute Gasteiger partial charge is 0.243 e. The molecule has 0 saturated carbocycles. The van der Waals surface area contributed by atoms with Gasteiger partial charge in [0.15, 0.2) is 5.05 Å². The van der Waals surface area contributed by atoms with E-state index in [9.17, 15) is 14.4 Å². The number of nitrogens with two attached hydrogens (primary N) is 2. The number of amides is 3. The maximum atomic E-state index is 11.8. The number of hydrogen-bond donors (Lipinski definition) is 5. The molecule has 25 heavy (non-hydrogen) atoms. The van der Waals surface area contributed by atoms with Gasteiger partial charge in [-0.25, -0.2) is 4.98 Å². The predicted molar refractivity (Wildman–Crippen MR) is 93.2 cm³/mol. The molecule has 138 valence electrons. The van der Waals surface area contributed by atoms with Crippen LogP contribution in [0.2, 0.25) is 0 Å². The highest BCUT2D eigenvalue weighted by Crippen LogP contribution is 2.04. The fraction of sp³-hybridized carbons (Fsp3) is 0.500. The maximum absolute atomic E-state index is 11.8. The number of aromatic nitrogens is 2. The van der Waals surface area contributed by atoms with Crippen molar-refractivity contribution in [2.45, 2.75) is 31.8 Å². The fourth-order valence-electron chi connectivity index (χ4n) is 1.91. The molecule has 1 unspecified atom stereocenters. The maximum Gasteiger partial charge on any atom is 0.243 e. The quantitative estimate of drug-likeness (QED) is 0.301. The van der Waals surface area contributed by atoms with Crippen molar-refractivity contribution in [2.75, 3.05) is 13.2 Å². The molecule has 0 saturated heterocycles. The second-order valence-electron chi connectivity index (χ2n) is 5.23. The molecule has 1 rings (SSSR count). The van der Waals surface area contributed by atoms with E-state index in [0.717, 1.165) is 5.69 Å². The van der Waals surface area contributed by atoms with Gasteiger partial charge >= 0.3 is 0 Å². The number of primary amides is 1. The van der Waals surface area contributed by atoms with Gasteiger partial charge in [0.1, 0.15) is 18.7 Å². The zero-order valence-electron chi connectivity index (χ0n) is 13.8. The van der Waals surface area contributed by atoms with E-state index in [1.165, 1.54) is 13.3 Å². The van der Waals surface area contributed by atoms with Gasteiger partial charge in [-0.2, -0.15) is 0 Å². The summed E-state index contributed by atoms with van der Waals surface area (Å²) in [6, 6.07) is -1.66. The Kier molecular flexibility index (Phi) is 8.50. The van der Waals surface area contributed by atoms with Crippen molar-refractivity contribution in [3.8, 4) is 0 Å². The van der Waals surface area contributed by atoms with Crippen molar-refractivity contribution in [1.82, 2.24) is 20.6 Å². The van der Waals surface area contributed by atoms with Gasteiger partial charge in [0.05, 0.1) is 6.33 Å². The first kappa shape index (κ1) is 20.5. The number of hydrogen-bond acceptors (Lipinski definition) is 7. The van der Waals surface area contributed by atoms with Crippen molar-refractivity contribution in [3.63, 3.8) is 0 Å². The summed E-state index contributed by atoms with van der Waals surface area (Å²) >= 11 is 5.20. The molecule has 3 amide bonds. The lowest BCUT2D eigenvalue weighted by Crippen LogP contribution is -2.49. The first-order chi connectivity index (χ1) is 11.8. The monoisotopic (exact) mass is 370 g/mol. The normalized spacial score (nSPS) is 12.7. The summed E-state index contributed by atoms with van der Waals surface area (Å²) in [5, 5.41) is 5.13. The Hall–Kier alpha value is -2.53. The highest BCUT2D eigenvalue weighted by atomic mass is 32.1. The van der Waals surface area contributed by atoms with Gasteiger partial charge in [0.25, 0.3) is 0 Å². The number of ether oxygens (including phenoxy) is 1. The lowest BCUT2D eigenvalue weighted by molar-refractivity contribution is -0.127. The lowest BCUT2D eigenvalue weighted by Gasteiger charge is -2.21. The number of imidazole rings is 1. The molecule has 11 heteroatoms. The molecule has 0 aliphatic heterocycles. The standard InChI is InChI=1S/C14H22N6O4S/c1-8(21)19-11(13(16)23)6-24-14(25)10(20-12(22)2-3-15)4-9-5-17-7-18-9/h5,7,10-11H,2-4,6,15H2,1H3,(H2,16,23)(H,17,18)(H,19,21)(H,20,22)/t10?,11-/m1/s1. The van der Waals surface area contributed by atoms with E-state index < -0.39 is 23.9 Å². The van der Waals surface area contributed by atoms with E-state index in [4.69, 9.17) is 28.4 Å². The van der Waals surface area contributed by atoms with Crippen LogP contribution in [0.4, 0.5) is 0 Å². The van der Waals surface area contributed by atoms with Gasteiger partial charge in [-0.15, -0.1) is 0 Å². The van der Waals surface area contributed by atoms with E-state index in [0.29, 0.717) is 6.42 Å². The van der Waals surface area contributed by atoms with Crippen molar-refractivity contribution < 1.29 is 19.1 Å². The molecule has 1 aromatic heterocycles. The number of nitrogens with one attached hydrogen (secondary N) is 3. The van der Waals surface area contributed by atoms with Crippen LogP contribution in [0.5, 0.6) is 0 Å². The van der Waals surface area contributed by atoms with Crippen molar-refractivity contribution >= 4 is 35.0 Å². The minimum atomic E-state index is -1.03. The molecule has 7 N–H and O–H groups in total. The van der Waals surface area contributed by atoms with Crippen LogP contribution in [-0.4, -0.2) is 58.0 Å². The van der Waals surface area contributed by atoms with E-state index in [2.05, 4.69) is 20.6 Å². The van der Waals surface area contributed by atoms with Crippen LogP contribution in [0.25, 0.3) is 0 Å². The topological polar surface area (TPSA) is 165 Å². The third-order valence-corrected chi connectivity index (χ3v) is 3.49. The second kappa shape index (κ2) is 10.4. The first-order valence-electron chi connectivity index (χ1n) is 7.53. The number of rotatable bonds is 10. The molecule has 0 radical (unpaired) electrons. The minimum absolute atomic E-state index is 0.0524. The first-order valence-corrected chi connectivity index (χ1v) is 7.94. The summed E-state index contributed by atoms with van der Waals surface area (Å²) in [7, 11) is 0. The van der Waals surface area contributed by atoms with Crippen LogP contribution >= 0.6 is 12.2 Å². The lowest BCUT2D eigenvalue weighted by atomic mass is 10.1. The number of thiocarbonyl (C=S) groups is 1. The third-order valence-electron chi connectivity index (χ3n) is 3.08. The van der Waals surface area contributed by atoms with Crippen LogP contribution in [0.3, 0.4) is 0 Å². The molecule has 0 aromatic carbocycles. The van der Waals surface area contributed by atoms with Crippen molar-refractivity contribution in [1.29, 1.82) is 0 Å². The van der Waals surface area contributed by atoms with Gasteiger partial charge in [-0.05, 0) is 12.2 Å². The highest BCUT2D eigenvalue weighted by Gasteiger charge is 2.23. The Balaban J connectivity index is 2.71. The van der Waals surface area contributed by atoms with Gasteiger partial charge in [0, 0.05) is 38.2 Å². The summed E-state index contributed by atoms with van der Waals surface area (Å²) < 4.78 is 5.39. The highest BCUT2D eigenvalue weighted by molar-refractivity contribution is 7.80. The summed E-state index contributed by atoms with van der Waals surface area (Å²) in [5.74, 6) is -1.47. The van der Waals surface area contributed by atoms with Gasteiger partial charge < -0.3 is 31.8 Å².